The Bertz CT molecular complexity index is 212. The van der Waals surface area contributed by atoms with Gasteiger partial charge in [-0.3, -0.25) is 0 Å². The molecule has 0 bridgehead atoms. The van der Waals surface area contributed by atoms with Crippen LogP contribution >= 0.6 is 0 Å². The van der Waals surface area contributed by atoms with Gasteiger partial charge in [0.2, 0.25) is 0 Å². The summed E-state index contributed by atoms with van der Waals surface area (Å²) in [7, 11) is 0. The van der Waals surface area contributed by atoms with Gasteiger partial charge in [-0.25, -0.2) is 0 Å². The minimum atomic E-state index is -1.75. The molecule has 0 fully saturated rings. The first-order chi connectivity index (χ1) is 8.61. The van der Waals surface area contributed by atoms with Gasteiger partial charge in [0.1, 0.15) is 0 Å². The van der Waals surface area contributed by atoms with Crippen LogP contribution in [0.4, 0.5) is 0 Å². The molecule has 120 valence electrons. The van der Waals surface area contributed by atoms with E-state index in [1.54, 1.807) is 0 Å². The summed E-state index contributed by atoms with van der Waals surface area (Å²) in [4.78, 5) is 24.8. The predicted octanol–water partition coefficient (Wildman–Crippen LogP) is 1.50. The van der Waals surface area contributed by atoms with Gasteiger partial charge >= 0.3 is 20.1 Å². The Kier molecular flexibility index (Phi) is 46.4. The SMILES string of the molecule is CCCCCC=N.O=[N+]([O-])[O-].O=[N+]([O-])[O-].O=[N+]([O-])[O-].[Ir+3]. The number of rotatable bonds is 4. The quantitative estimate of drug-likeness (QED) is 0.267. The Morgan fingerprint density at radius 2 is 1.10 bits per heavy atom. The Hall–Kier alpha value is -2.08. The molecule has 0 aliphatic heterocycles. The molecule has 0 spiro atoms. The summed E-state index contributed by atoms with van der Waals surface area (Å²) >= 11 is 0. The summed E-state index contributed by atoms with van der Waals surface area (Å²) in [5.41, 5.74) is 0. The summed E-state index contributed by atoms with van der Waals surface area (Å²) in [5.74, 6) is 0. The molecule has 0 aromatic carbocycles. The van der Waals surface area contributed by atoms with Crippen molar-refractivity contribution in [3.63, 3.8) is 0 Å². The van der Waals surface area contributed by atoms with E-state index < -0.39 is 15.3 Å². The van der Waals surface area contributed by atoms with E-state index in [2.05, 4.69) is 6.92 Å². The second-order valence-corrected chi connectivity index (χ2v) is 2.37. The third-order valence-electron chi connectivity index (χ3n) is 0.952. The number of nitrogens with one attached hydrogen (secondary N) is 1. The third kappa shape index (κ3) is 962. The van der Waals surface area contributed by atoms with Gasteiger partial charge in [-0.2, -0.15) is 0 Å². The van der Waals surface area contributed by atoms with Crippen LogP contribution in [-0.4, -0.2) is 21.5 Å². The largest absolute Gasteiger partial charge is 3.00 e. The summed E-state index contributed by atoms with van der Waals surface area (Å²) in [6.07, 6.45) is 6.17. The van der Waals surface area contributed by atoms with Crippen molar-refractivity contribution in [2.24, 2.45) is 0 Å². The molecule has 0 aliphatic rings. The Morgan fingerprint density at radius 1 is 0.850 bits per heavy atom. The first-order valence-electron chi connectivity index (χ1n) is 4.55. The molecule has 14 heteroatoms. The average molecular weight is 477 g/mol. The maximum Gasteiger partial charge on any atom is 3.00 e. The molecule has 0 unspecified atom stereocenters. The van der Waals surface area contributed by atoms with Gasteiger partial charge in [-0.1, -0.05) is 19.8 Å². The van der Waals surface area contributed by atoms with Crippen molar-refractivity contribution in [1.82, 2.24) is 0 Å². The van der Waals surface area contributed by atoms with Crippen molar-refractivity contribution in [2.75, 3.05) is 0 Å². The second-order valence-electron chi connectivity index (χ2n) is 2.37. The smallest absolute Gasteiger partial charge is 0.356 e. The Labute approximate surface area is 126 Å². The number of unbranched alkanes of at least 4 members (excludes halogenated alkanes) is 3. The fourth-order valence-corrected chi connectivity index (χ4v) is 0.496. The van der Waals surface area contributed by atoms with E-state index in [-0.39, 0.29) is 20.1 Å². The maximum atomic E-state index is 8.25. The monoisotopic (exact) mass is 478 g/mol. The van der Waals surface area contributed by atoms with E-state index in [1.807, 2.05) is 0 Å². The van der Waals surface area contributed by atoms with Gasteiger partial charge in [0.25, 0.3) is 0 Å². The number of hydrogen-bond donors (Lipinski definition) is 1. The average Bonchev–Trinajstić information content (AvgIpc) is 2.15. The zero-order valence-corrected chi connectivity index (χ0v) is 12.7. The topological polar surface area (TPSA) is 222 Å². The number of nitrogens with zero attached hydrogens (tertiary/aromatic N) is 3. The van der Waals surface area contributed by atoms with Crippen molar-refractivity contribution in [1.29, 1.82) is 5.41 Å². The van der Waals surface area contributed by atoms with Crippen LogP contribution in [0.3, 0.4) is 0 Å². The van der Waals surface area contributed by atoms with Crippen molar-refractivity contribution in [3.05, 3.63) is 46.0 Å². The van der Waals surface area contributed by atoms with Crippen LogP contribution in [0.2, 0.25) is 0 Å². The molecule has 0 aromatic heterocycles. The van der Waals surface area contributed by atoms with Gasteiger partial charge in [0.15, 0.2) is 0 Å². The summed E-state index contributed by atoms with van der Waals surface area (Å²) < 4.78 is 0. The van der Waals surface area contributed by atoms with Gasteiger partial charge in [-0.05, 0) is 19.1 Å². The predicted molar refractivity (Wildman–Crippen MR) is 64.0 cm³/mol. The molecule has 0 aliphatic carbocycles. The Balaban J connectivity index is -0.0000000512. The van der Waals surface area contributed by atoms with Gasteiger partial charge in [0.05, 0.1) is 15.3 Å². The summed E-state index contributed by atoms with van der Waals surface area (Å²) in [6, 6.07) is 0. The van der Waals surface area contributed by atoms with Crippen molar-refractivity contribution >= 4 is 6.21 Å². The van der Waals surface area contributed by atoms with Gasteiger partial charge < -0.3 is 51.4 Å². The zero-order chi connectivity index (χ0) is 16.3. The van der Waals surface area contributed by atoms with Crippen LogP contribution in [0, 0.1) is 51.4 Å². The van der Waals surface area contributed by atoms with Crippen molar-refractivity contribution in [3.8, 4) is 0 Å². The molecular weight excluding hydrogens is 464 g/mol. The fourth-order valence-electron chi connectivity index (χ4n) is 0.496. The van der Waals surface area contributed by atoms with E-state index >= 15 is 0 Å². The molecule has 0 heterocycles. The zero-order valence-electron chi connectivity index (χ0n) is 10.3. The minimum Gasteiger partial charge on any atom is -0.356 e. The van der Waals surface area contributed by atoms with E-state index in [4.69, 9.17) is 51.4 Å². The van der Waals surface area contributed by atoms with Crippen LogP contribution in [-0.2, 0) is 20.1 Å². The summed E-state index contributed by atoms with van der Waals surface area (Å²) in [5, 5.41) is 50.9. The first-order valence-corrected chi connectivity index (χ1v) is 4.55. The summed E-state index contributed by atoms with van der Waals surface area (Å²) in [6.45, 7) is 2.17. The molecule has 0 atom stereocenters. The van der Waals surface area contributed by atoms with Crippen LogP contribution in [0.15, 0.2) is 0 Å². The van der Waals surface area contributed by atoms with Gasteiger partial charge in [0, 0.05) is 0 Å². The second kappa shape index (κ2) is 30.2. The van der Waals surface area contributed by atoms with E-state index in [1.165, 1.54) is 25.5 Å². The molecular formula is C6H13IrN4O9. The van der Waals surface area contributed by atoms with Crippen LogP contribution in [0.5, 0.6) is 0 Å². The van der Waals surface area contributed by atoms with Gasteiger partial charge in [-0.15, -0.1) is 0 Å². The normalized spacial score (nSPS) is 6.65. The molecule has 13 nitrogen and oxygen atoms in total. The van der Waals surface area contributed by atoms with Crippen LogP contribution in [0.1, 0.15) is 32.6 Å². The molecule has 0 aromatic rings. The molecule has 0 saturated carbocycles. The first kappa shape index (κ1) is 30.7. The van der Waals surface area contributed by atoms with Crippen molar-refractivity contribution in [2.45, 2.75) is 32.6 Å². The molecule has 1 N–H and O–H groups in total. The maximum absolute atomic E-state index is 8.25. The van der Waals surface area contributed by atoms with Crippen LogP contribution < -0.4 is 0 Å². The van der Waals surface area contributed by atoms with E-state index in [9.17, 15) is 0 Å². The Morgan fingerprint density at radius 3 is 1.25 bits per heavy atom. The van der Waals surface area contributed by atoms with Crippen molar-refractivity contribution < 1.29 is 35.4 Å². The standard InChI is InChI=1S/C6H13N.Ir.3NO3/c1-2-3-4-5-6-7;;3*2-1(3)4/h6-7H,2-5H2,1H3;;;;/q;+3;3*-1. The van der Waals surface area contributed by atoms with E-state index in [0.29, 0.717) is 0 Å². The fraction of sp³-hybridized carbons (Fsp3) is 0.833. The molecule has 0 radical (unpaired) electrons. The molecule has 0 saturated heterocycles. The number of hydrogen-bond acceptors (Lipinski definition) is 10. The molecule has 0 rings (SSSR count). The van der Waals surface area contributed by atoms with Crippen LogP contribution in [0.25, 0.3) is 0 Å². The van der Waals surface area contributed by atoms with E-state index in [0.717, 1.165) is 6.42 Å². The third-order valence-corrected chi connectivity index (χ3v) is 0.952. The molecule has 20 heavy (non-hydrogen) atoms. The molecule has 0 amide bonds. The minimum absolute atomic E-state index is 0.